The number of anilines is 2. The van der Waals surface area contributed by atoms with Crippen molar-refractivity contribution < 1.29 is 19.0 Å². The quantitative estimate of drug-likeness (QED) is 0.616. The van der Waals surface area contributed by atoms with Gasteiger partial charge < -0.3 is 29.4 Å². The van der Waals surface area contributed by atoms with Crippen LogP contribution in [-0.2, 0) is 22.7 Å². The molecular weight excluding hydrogens is 424 g/mol. The van der Waals surface area contributed by atoms with Crippen molar-refractivity contribution in [2.75, 3.05) is 43.1 Å². The SMILES string of the molecule is CCOc1cc(NC(=O)c2cc3c(nc2N2CCOCC2)COC3)cc2c(C)cc(=O)[nH]c12. The number of hydrogen-bond donors (Lipinski definition) is 2. The number of rotatable bonds is 5. The molecule has 2 aromatic heterocycles. The molecule has 0 saturated carbocycles. The first-order chi connectivity index (χ1) is 16.0. The van der Waals surface area contributed by atoms with E-state index in [-0.39, 0.29) is 11.5 Å². The number of carbonyl (C=O) groups excluding carboxylic acids is 1. The number of amides is 1. The van der Waals surface area contributed by atoms with Crippen LogP contribution in [0.15, 0.2) is 29.1 Å². The number of nitrogens with one attached hydrogen (secondary N) is 2. The standard InChI is InChI=1S/C24H26N4O5/c1-3-33-20-11-16(10-17-14(2)8-21(29)27-22(17)20)25-24(30)18-9-15-12-32-13-19(15)26-23(18)28-4-6-31-7-5-28/h8-11H,3-7,12-13H2,1-2H3,(H,25,30)(H,27,29). The zero-order valence-electron chi connectivity index (χ0n) is 18.7. The summed E-state index contributed by atoms with van der Waals surface area (Å²) in [6.07, 6.45) is 0. The third-order valence-electron chi connectivity index (χ3n) is 5.90. The third kappa shape index (κ3) is 4.17. The van der Waals surface area contributed by atoms with Crippen LogP contribution in [0.1, 0.15) is 34.1 Å². The Kier molecular flexibility index (Phi) is 5.74. The summed E-state index contributed by atoms with van der Waals surface area (Å²) in [5.41, 5.74) is 4.10. The number of morpholine rings is 1. The molecule has 0 radical (unpaired) electrons. The fourth-order valence-electron chi connectivity index (χ4n) is 4.30. The minimum Gasteiger partial charge on any atom is -0.492 e. The molecule has 2 aliphatic rings. The highest BCUT2D eigenvalue weighted by Gasteiger charge is 2.25. The van der Waals surface area contributed by atoms with Crippen molar-refractivity contribution in [1.82, 2.24) is 9.97 Å². The molecule has 2 aliphatic heterocycles. The Morgan fingerprint density at radius 1 is 1.18 bits per heavy atom. The maximum Gasteiger partial charge on any atom is 0.259 e. The lowest BCUT2D eigenvalue weighted by Gasteiger charge is -2.29. The number of pyridine rings is 2. The second-order valence-corrected chi connectivity index (χ2v) is 8.16. The molecule has 2 N–H and O–H groups in total. The van der Waals surface area contributed by atoms with Gasteiger partial charge in [0.15, 0.2) is 0 Å². The molecule has 1 fully saturated rings. The van der Waals surface area contributed by atoms with Crippen molar-refractivity contribution in [3.8, 4) is 5.75 Å². The van der Waals surface area contributed by atoms with Gasteiger partial charge in [-0.15, -0.1) is 0 Å². The number of aromatic nitrogens is 2. The second-order valence-electron chi connectivity index (χ2n) is 8.16. The van der Waals surface area contributed by atoms with Crippen LogP contribution in [-0.4, -0.2) is 48.8 Å². The van der Waals surface area contributed by atoms with Crippen LogP contribution >= 0.6 is 0 Å². The predicted octanol–water partition coefficient (Wildman–Crippen LogP) is 2.75. The Hall–Kier alpha value is -3.43. The minimum absolute atomic E-state index is 0.195. The Labute approximate surface area is 190 Å². The molecule has 1 saturated heterocycles. The highest BCUT2D eigenvalue weighted by atomic mass is 16.5. The number of nitrogens with zero attached hydrogens (tertiary/aromatic N) is 2. The summed E-state index contributed by atoms with van der Waals surface area (Å²) < 4.78 is 16.8. The number of fused-ring (bicyclic) bond motifs is 2. The van der Waals surface area contributed by atoms with Crippen LogP contribution in [0.5, 0.6) is 5.75 Å². The average Bonchev–Trinajstić information content (AvgIpc) is 3.27. The fraction of sp³-hybridized carbons (Fsp3) is 0.375. The first kappa shape index (κ1) is 21.4. The van der Waals surface area contributed by atoms with Gasteiger partial charge in [0.2, 0.25) is 5.56 Å². The number of H-pyrrole nitrogens is 1. The third-order valence-corrected chi connectivity index (χ3v) is 5.90. The summed E-state index contributed by atoms with van der Waals surface area (Å²) in [5.74, 6) is 0.897. The Morgan fingerprint density at radius 3 is 2.79 bits per heavy atom. The Morgan fingerprint density at radius 2 is 2.00 bits per heavy atom. The van der Waals surface area contributed by atoms with Crippen LogP contribution < -0.4 is 20.5 Å². The van der Waals surface area contributed by atoms with Gasteiger partial charge in [-0.2, -0.15) is 0 Å². The second kappa shape index (κ2) is 8.84. The number of aromatic amines is 1. The lowest BCUT2D eigenvalue weighted by molar-refractivity contribution is 0.102. The molecule has 1 amide bonds. The molecule has 9 nitrogen and oxygen atoms in total. The first-order valence-corrected chi connectivity index (χ1v) is 11.1. The van der Waals surface area contributed by atoms with E-state index in [1.54, 1.807) is 6.07 Å². The van der Waals surface area contributed by atoms with Crippen LogP contribution in [0, 0.1) is 6.92 Å². The monoisotopic (exact) mass is 450 g/mol. The van der Waals surface area contributed by atoms with Gasteiger partial charge in [0, 0.05) is 41.9 Å². The van der Waals surface area contributed by atoms with Crippen molar-refractivity contribution in [3.05, 3.63) is 57.0 Å². The summed E-state index contributed by atoms with van der Waals surface area (Å²) in [5, 5.41) is 3.82. The Balaban J connectivity index is 1.54. The van der Waals surface area contributed by atoms with E-state index in [2.05, 4.69) is 15.2 Å². The maximum absolute atomic E-state index is 13.5. The van der Waals surface area contributed by atoms with Crippen LogP contribution in [0.2, 0.25) is 0 Å². The van der Waals surface area contributed by atoms with Crippen LogP contribution in [0.25, 0.3) is 10.9 Å². The predicted molar refractivity (Wildman–Crippen MR) is 124 cm³/mol. The number of benzene rings is 1. The fourth-order valence-corrected chi connectivity index (χ4v) is 4.30. The van der Waals surface area contributed by atoms with E-state index in [0.717, 1.165) is 22.2 Å². The van der Waals surface area contributed by atoms with E-state index in [4.69, 9.17) is 19.2 Å². The molecule has 0 unspecified atom stereocenters. The molecule has 0 spiro atoms. The summed E-state index contributed by atoms with van der Waals surface area (Å²) >= 11 is 0. The van der Waals surface area contributed by atoms with E-state index in [1.165, 1.54) is 6.07 Å². The van der Waals surface area contributed by atoms with E-state index in [0.29, 0.717) is 74.5 Å². The van der Waals surface area contributed by atoms with Gasteiger partial charge in [-0.1, -0.05) is 0 Å². The number of aryl methyl sites for hydroxylation is 1. The minimum atomic E-state index is -0.262. The van der Waals surface area contributed by atoms with Crippen molar-refractivity contribution in [2.24, 2.45) is 0 Å². The molecule has 5 rings (SSSR count). The summed E-state index contributed by atoms with van der Waals surface area (Å²) in [7, 11) is 0. The first-order valence-electron chi connectivity index (χ1n) is 11.1. The maximum atomic E-state index is 13.5. The molecule has 0 aliphatic carbocycles. The smallest absolute Gasteiger partial charge is 0.259 e. The van der Waals surface area contributed by atoms with Gasteiger partial charge in [0.1, 0.15) is 11.6 Å². The van der Waals surface area contributed by atoms with E-state index >= 15 is 0 Å². The molecule has 3 aromatic rings. The molecule has 1 aromatic carbocycles. The van der Waals surface area contributed by atoms with Crippen molar-refractivity contribution in [3.63, 3.8) is 0 Å². The zero-order chi connectivity index (χ0) is 22.9. The van der Waals surface area contributed by atoms with Crippen LogP contribution in [0.3, 0.4) is 0 Å². The van der Waals surface area contributed by atoms with Gasteiger partial charge in [-0.3, -0.25) is 9.59 Å². The van der Waals surface area contributed by atoms with Crippen molar-refractivity contribution >= 4 is 28.3 Å². The van der Waals surface area contributed by atoms with Crippen LogP contribution in [0.4, 0.5) is 11.5 Å². The molecule has 33 heavy (non-hydrogen) atoms. The molecule has 172 valence electrons. The molecular formula is C24H26N4O5. The molecule has 0 atom stereocenters. The molecule has 0 bridgehead atoms. The summed E-state index contributed by atoms with van der Waals surface area (Å²) in [6, 6.07) is 6.99. The van der Waals surface area contributed by atoms with Crippen molar-refractivity contribution in [2.45, 2.75) is 27.1 Å². The van der Waals surface area contributed by atoms with E-state index in [1.807, 2.05) is 26.0 Å². The lowest BCUT2D eigenvalue weighted by atomic mass is 10.1. The topological polar surface area (TPSA) is 106 Å². The highest BCUT2D eigenvalue weighted by molar-refractivity contribution is 6.09. The van der Waals surface area contributed by atoms with Crippen molar-refractivity contribution in [1.29, 1.82) is 0 Å². The van der Waals surface area contributed by atoms with Gasteiger partial charge in [-0.25, -0.2) is 4.98 Å². The Bertz CT molecular complexity index is 1280. The van der Waals surface area contributed by atoms with Gasteiger partial charge in [-0.05, 0) is 31.5 Å². The van der Waals surface area contributed by atoms with Gasteiger partial charge in [0.25, 0.3) is 5.91 Å². The lowest BCUT2D eigenvalue weighted by Crippen LogP contribution is -2.38. The largest absolute Gasteiger partial charge is 0.492 e. The average molecular weight is 450 g/mol. The van der Waals surface area contributed by atoms with Gasteiger partial charge in [0.05, 0.1) is 49.8 Å². The normalized spacial score (nSPS) is 15.5. The highest BCUT2D eigenvalue weighted by Crippen LogP contribution is 2.32. The summed E-state index contributed by atoms with van der Waals surface area (Å²) in [6.45, 7) is 7.59. The van der Waals surface area contributed by atoms with Gasteiger partial charge >= 0.3 is 0 Å². The number of carbonyl (C=O) groups is 1. The molecule has 4 heterocycles. The summed E-state index contributed by atoms with van der Waals surface area (Å²) in [4.78, 5) is 35.2. The molecule has 9 heteroatoms. The van der Waals surface area contributed by atoms with E-state index in [9.17, 15) is 9.59 Å². The number of hydrogen-bond acceptors (Lipinski definition) is 7. The van der Waals surface area contributed by atoms with E-state index < -0.39 is 0 Å². The number of ether oxygens (including phenoxy) is 3. The zero-order valence-corrected chi connectivity index (χ0v) is 18.7.